The quantitative estimate of drug-likeness (QED) is 0.525. The summed E-state index contributed by atoms with van der Waals surface area (Å²) in [5, 5.41) is 0. The minimum Gasteiger partial charge on any atom is -0.259 e. The molecular weight excluding hydrogens is 146 g/mol. The number of nitrogens with zero attached hydrogens (tertiary/aromatic N) is 1. The van der Waals surface area contributed by atoms with Crippen LogP contribution in [0.4, 0.5) is 0 Å². The van der Waals surface area contributed by atoms with E-state index in [0.717, 1.165) is 5.71 Å². The molecule has 0 atom stereocenters. The monoisotopic (exact) mass is 163 g/mol. The highest BCUT2D eigenvalue weighted by molar-refractivity contribution is 5.80. The van der Waals surface area contributed by atoms with Crippen LogP contribution in [0.15, 0.2) is 28.4 Å². The Bertz CT molecular complexity index is 240. The van der Waals surface area contributed by atoms with Crippen molar-refractivity contribution in [2.24, 2.45) is 4.99 Å². The Hall–Kier alpha value is -0.850. The standard InChI is InChI=1S/C11H17N/c1-9(2)12-11-8-6-4-5-7-10(11)3/h6,8H,4-5,7H2,1-3H3. The minimum atomic E-state index is 1.14. The van der Waals surface area contributed by atoms with Gasteiger partial charge in [0.2, 0.25) is 0 Å². The summed E-state index contributed by atoms with van der Waals surface area (Å²) in [4.78, 5) is 4.49. The van der Waals surface area contributed by atoms with E-state index in [2.05, 4.69) is 24.1 Å². The van der Waals surface area contributed by atoms with Gasteiger partial charge in [-0.3, -0.25) is 4.99 Å². The Kier molecular flexibility index (Phi) is 3.27. The maximum Gasteiger partial charge on any atom is 0.0614 e. The molecule has 1 aliphatic rings. The van der Waals surface area contributed by atoms with Gasteiger partial charge in [-0.15, -0.1) is 0 Å². The summed E-state index contributed by atoms with van der Waals surface area (Å²) >= 11 is 0. The number of hydrogen-bond acceptors (Lipinski definition) is 1. The van der Waals surface area contributed by atoms with Crippen molar-refractivity contribution in [3.05, 3.63) is 23.4 Å². The molecule has 0 heterocycles. The van der Waals surface area contributed by atoms with Crippen molar-refractivity contribution < 1.29 is 0 Å². The Morgan fingerprint density at radius 1 is 1.42 bits per heavy atom. The molecule has 0 saturated heterocycles. The molecule has 66 valence electrons. The van der Waals surface area contributed by atoms with Crippen LogP contribution in [0.3, 0.4) is 0 Å². The minimum absolute atomic E-state index is 1.14. The highest BCUT2D eigenvalue weighted by atomic mass is 14.7. The van der Waals surface area contributed by atoms with Gasteiger partial charge in [0, 0.05) is 5.71 Å². The first-order valence-electron chi connectivity index (χ1n) is 4.58. The third-order valence-electron chi connectivity index (χ3n) is 1.98. The second kappa shape index (κ2) is 4.24. The summed E-state index contributed by atoms with van der Waals surface area (Å²) in [6, 6.07) is 0. The van der Waals surface area contributed by atoms with Gasteiger partial charge in [0.25, 0.3) is 0 Å². The van der Waals surface area contributed by atoms with Crippen LogP contribution >= 0.6 is 0 Å². The van der Waals surface area contributed by atoms with E-state index in [1.165, 1.54) is 30.5 Å². The van der Waals surface area contributed by atoms with Gasteiger partial charge in [-0.25, -0.2) is 0 Å². The van der Waals surface area contributed by atoms with Gasteiger partial charge in [-0.1, -0.05) is 6.08 Å². The van der Waals surface area contributed by atoms with Crippen LogP contribution in [0.2, 0.25) is 0 Å². The average molecular weight is 163 g/mol. The highest BCUT2D eigenvalue weighted by Gasteiger charge is 2.01. The number of aliphatic imine (C=N–C) groups is 1. The molecule has 0 aliphatic heterocycles. The maximum absolute atomic E-state index is 4.49. The van der Waals surface area contributed by atoms with E-state index < -0.39 is 0 Å². The third kappa shape index (κ3) is 2.65. The number of rotatable bonds is 1. The summed E-state index contributed by atoms with van der Waals surface area (Å²) in [6.07, 6.45) is 8.02. The van der Waals surface area contributed by atoms with E-state index in [1.807, 2.05) is 13.8 Å². The predicted molar refractivity (Wildman–Crippen MR) is 54.5 cm³/mol. The second-order valence-electron chi connectivity index (χ2n) is 3.52. The van der Waals surface area contributed by atoms with Crippen molar-refractivity contribution >= 4 is 5.71 Å². The fraction of sp³-hybridized carbons (Fsp3) is 0.545. The number of hydrogen-bond donors (Lipinski definition) is 0. The molecule has 0 aromatic carbocycles. The molecule has 0 radical (unpaired) electrons. The molecule has 1 aliphatic carbocycles. The summed E-state index contributed by atoms with van der Waals surface area (Å²) in [5.41, 5.74) is 3.73. The van der Waals surface area contributed by atoms with Gasteiger partial charge < -0.3 is 0 Å². The molecule has 0 fully saturated rings. The van der Waals surface area contributed by atoms with Crippen molar-refractivity contribution in [3.8, 4) is 0 Å². The smallest absolute Gasteiger partial charge is 0.0614 e. The molecule has 0 bridgehead atoms. The van der Waals surface area contributed by atoms with Crippen molar-refractivity contribution in [3.63, 3.8) is 0 Å². The topological polar surface area (TPSA) is 12.4 Å². The molecule has 0 saturated carbocycles. The van der Waals surface area contributed by atoms with E-state index in [9.17, 15) is 0 Å². The average Bonchev–Trinajstić information content (AvgIpc) is 2.16. The molecule has 12 heavy (non-hydrogen) atoms. The fourth-order valence-corrected chi connectivity index (χ4v) is 1.32. The number of allylic oxidation sites excluding steroid dienone is 3. The molecule has 0 unspecified atom stereocenters. The van der Waals surface area contributed by atoms with E-state index in [0.29, 0.717) is 0 Å². The van der Waals surface area contributed by atoms with Gasteiger partial charge in [0.15, 0.2) is 0 Å². The molecular formula is C11H17N. The molecule has 0 aromatic rings. The zero-order valence-corrected chi connectivity index (χ0v) is 8.22. The van der Waals surface area contributed by atoms with Crippen LogP contribution in [-0.2, 0) is 0 Å². The van der Waals surface area contributed by atoms with Gasteiger partial charge in [-0.05, 0) is 51.7 Å². The lowest BCUT2D eigenvalue weighted by Crippen LogP contribution is -1.86. The van der Waals surface area contributed by atoms with E-state index in [1.54, 1.807) is 0 Å². The Morgan fingerprint density at radius 3 is 2.83 bits per heavy atom. The molecule has 1 rings (SSSR count). The Balaban J connectivity index is 2.88. The molecule has 0 N–H and O–H groups in total. The molecule has 0 amide bonds. The summed E-state index contributed by atoms with van der Waals surface area (Å²) in [7, 11) is 0. The summed E-state index contributed by atoms with van der Waals surface area (Å²) in [5.74, 6) is 0. The Labute approximate surface area is 74.9 Å². The van der Waals surface area contributed by atoms with Gasteiger partial charge >= 0.3 is 0 Å². The molecule has 1 heteroatoms. The van der Waals surface area contributed by atoms with Crippen molar-refractivity contribution in [2.45, 2.75) is 40.0 Å². The zero-order chi connectivity index (χ0) is 8.97. The normalized spacial score (nSPS) is 17.6. The van der Waals surface area contributed by atoms with Crippen LogP contribution in [0, 0.1) is 0 Å². The van der Waals surface area contributed by atoms with Gasteiger partial charge in [-0.2, -0.15) is 0 Å². The molecule has 0 aromatic heterocycles. The van der Waals surface area contributed by atoms with Gasteiger partial charge in [0.05, 0.1) is 5.70 Å². The SMILES string of the molecule is CC(C)=NC1=C(C)CCCC=C1. The van der Waals surface area contributed by atoms with Crippen LogP contribution in [0.5, 0.6) is 0 Å². The maximum atomic E-state index is 4.49. The first-order valence-corrected chi connectivity index (χ1v) is 4.58. The molecule has 0 spiro atoms. The molecule has 1 nitrogen and oxygen atoms in total. The van der Waals surface area contributed by atoms with E-state index in [-0.39, 0.29) is 0 Å². The summed E-state index contributed by atoms with van der Waals surface area (Å²) < 4.78 is 0. The van der Waals surface area contributed by atoms with Crippen molar-refractivity contribution in [1.82, 2.24) is 0 Å². The van der Waals surface area contributed by atoms with Crippen molar-refractivity contribution in [1.29, 1.82) is 0 Å². The van der Waals surface area contributed by atoms with E-state index >= 15 is 0 Å². The highest BCUT2D eigenvalue weighted by Crippen LogP contribution is 2.18. The zero-order valence-electron chi connectivity index (χ0n) is 8.22. The van der Waals surface area contributed by atoms with Crippen LogP contribution in [0.1, 0.15) is 40.0 Å². The van der Waals surface area contributed by atoms with Crippen LogP contribution < -0.4 is 0 Å². The Morgan fingerprint density at radius 2 is 2.17 bits per heavy atom. The predicted octanol–water partition coefficient (Wildman–Crippen LogP) is 3.48. The first kappa shape index (κ1) is 9.24. The van der Waals surface area contributed by atoms with Gasteiger partial charge in [0.1, 0.15) is 0 Å². The lowest BCUT2D eigenvalue weighted by Gasteiger charge is -2.00. The van der Waals surface area contributed by atoms with Crippen LogP contribution in [-0.4, -0.2) is 5.71 Å². The van der Waals surface area contributed by atoms with E-state index in [4.69, 9.17) is 0 Å². The van der Waals surface area contributed by atoms with Crippen LogP contribution in [0.25, 0.3) is 0 Å². The fourth-order valence-electron chi connectivity index (χ4n) is 1.32. The lowest BCUT2D eigenvalue weighted by atomic mass is 10.1. The lowest BCUT2D eigenvalue weighted by molar-refractivity contribution is 0.837. The summed E-state index contributed by atoms with van der Waals surface area (Å²) in [6.45, 7) is 6.26. The third-order valence-corrected chi connectivity index (χ3v) is 1.98. The second-order valence-corrected chi connectivity index (χ2v) is 3.52. The largest absolute Gasteiger partial charge is 0.259 e. The van der Waals surface area contributed by atoms with Crippen molar-refractivity contribution in [2.75, 3.05) is 0 Å². The first-order chi connectivity index (χ1) is 5.70.